The lowest BCUT2D eigenvalue weighted by atomic mass is 9.86. The average Bonchev–Trinajstić information content (AvgIpc) is 3.38. The molecule has 2 nitrogen and oxygen atoms in total. The molecule has 0 saturated heterocycles. The molecular formula is C51H52N2. The molecule has 0 atom stereocenters. The fraction of sp³-hybridized carbons (Fsp3) is 0.235. The minimum atomic E-state index is 0.00186. The molecule has 3 aliphatic carbocycles. The summed E-state index contributed by atoms with van der Waals surface area (Å²) < 4.78 is 2.55. The van der Waals surface area contributed by atoms with Gasteiger partial charge in [0.1, 0.15) is 0 Å². The first kappa shape index (κ1) is 35.9. The van der Waals surface area contributed by atoms with E-state index < -0.39 is 0 Å². The van der Waals surface area contributed by atoms with Gasteiger partial charge in [-0.1, -0.05) is 131 Å². The van der Waals surface area contributed by atoms with Crippen LogP contribution in [0.4, 0.5) is 0 Å². The fourth-order valence-corrected chi connectivity index (χ4v) is 7.74. The Bertz CT molecular complexity index is 2450. The fourth-order valence-electron chi connectivity index (χ4n) is 7.74. The quantitative estimate of drug-likeness (QED) is 0.133. The molecule has 2 heteroatoms. The molecule has 0 N–H and O–H groups in total. The van der Waals surface area contributed by atoms with Gasteiger partial charge in [0.25, 0.3) is 0 Å². The van der Waals surface area contributed by atoms with E-state index in [1.54, 1.807) is 11.1 Å². The highest BCUT2D eigenvalue weighted by Crippen LogP contribution is 2.34. The third-order valence-electron chi connectivity index (χ3n) is 10.7. The van der Waals surface area contributed by atoms with Gasteiger partial charge in [0.05, 0.1) is 5.69 Å². The van der Waals surface area contributed by atoms with Crippen molar-refractivity contribution in [1.82, 2.24) is 9.55 Å². The summed E-state index contributed by atoms with van der Waals surface area (Å²) in [5, 5.41) is 5.00. The second-order valence-corrected chi connectivity index (χ2v) is 15.3. The third-order valence-corrected chi connectivity index (χ3v) is 10.7. The number of rotatable bonds is 8. The summed E-state index contributed by atoms with van der Waals surface area (Å²) in [6.45, 7) is 15.4. The molecule has 3 aliphatic rings. The van der Waals surface area contributed by atoms with Crippen LogP contribution in [0, 0.1) is 5.41 Å². The van der Waals surface area contributed by atoms with E-state index in [0.717, 1.165) is 67.4 Å². The van der Waals surface area contributed by atoms with Gasteiger partial charge < -0.3 is 4.57 Å². The molecule has 2 heterocycles. The second kappa shape index (κ2) is 16.0. The number of nitrogens with zero attached hydrogens (tertiary/aromatic N) is 2. The number of aromatic nitrogens is 2. The van der Waals surface area contributed by atoms with E-state index >= 15 is 0 Å². The second-order valence-electron chi connectivity index (χ2n) is 15.3. The van der Waals surface area contributed by atoms with Crippen molar-refractivity contribution in [3.05, 3.63) is 182 Å². The maximum absolute atomic E-state index is 4.49. The third kappa shape index (κ3) is 7.98. The molecule has 0 amide bonds. The van der Waals surface area contributed by atoms with Crippen LogP contribution in [0.1, 0.15) is 86.6 Å². The van der Waals surface area contributed by atoms with Gasteiger partial charge in [-0.3, -0.25) is 4.98 Å². The molecule has 4 aromatic rings. The van der Waals surface area contributed by atoms with Crippen molar-refractivity contribution in [2.24, 2.45) is 5.41 Å². The van der Waals surface area contributed by atoms with Crippen molar-refractivity contribution in [2.45, 2.75) is 72.1 Å². The Morgan fingerprint density at radius 1 is 0.849 bits per heavy atom. The van der Waals surface area contributed by atoms with E-state index in [2.05, 4.69) is 147 Å². The highest BCUT2D eigenvalue weighted by atomic mass is 15.0. The molecule has 0 bridgehead atoms. The van der Waals surface area contributed by atoms with Crippen LogP contribution in [-0.4, -0.2) is 9.55 Å². The molecule has 0 spiro atoms. The van der Waals surface area contributed by atoms with Crippen molar-refractivity contribution >= 4 is 42.0 Å². The zero-order valence-electron chi connectivity index (χ0n) is 31.7. The molecule has 0 aliphatic heterocycles. The van der Waals surface area contributed by atoms with Crippen LogP contribution in [0.2, 0.25) is 0 Å². The number of hydrogen-bond acceptors (Lipinski definition) is 1. The minimum absolute atomic E-state index is 0.00186. The standard InChI is InChI=1S/C51H52N2/c1-6-39(20-18-22-41-21-15-16-34-52-41)44(46-33-31-40(35-37(2)51(3,4)5)43-24-13-14-25-45(43)46)32-30-38-19-17-23-42(36-38)53-49-28-11-7-9-26-47(49)48-27-10-8-12-29-50(48)53/h6-7,11-12,15-25,29-36H,1-2,8-10,13-14,26-28H2,3-5H3/b22-18+,32-30+,39-20+,40-35-,46-44+. The number of fused-ring (bicyclic) bond motifs is 4. The zero-order chi connectivity index (χ0) is 36.8. The number of pyridine rings is 1. The Kier molecular flexibility index (Phi) is 10.9. The Morgan fingerprint density at radius 2 is 1.72 bits per heavy atom. The van der Waals surface area contributed by atoms with Crippen LogP contribution >= 0.6 is 0 Å². The first-order valence-corrected chi connectivity index (χ1v) is 19.3. The number of allylic oxidation sites excluding steroid dienone is 9. The molecule has 2 aromatic carbocycles. The van der Waals surface area contributed by atoms with Gasteiger partial charge in [0, 0.05) is 29.7 Å². The molecule has 2 aromatic heterocycles. The van der Waals surface area contributed by atoms with Crippen molar-refractivity contribution in [3.8, 4) is 5.69 Å². The normalized spacial score (nSPS) is 16.7. The van der Waals surface area contributed by atoms with Crippen LogP contribution in [0.3, 0.4) is 0 Å². The van der Waals surface area contributed by atoms with Gasteiger partial charge in [-0.25, -0.2) is 0 Å². The topological polar surface area (TPSA) is 17.8 Å². The smallest absolute Gasteiger partial charge is 0.0629 e. The van der Waals surface area contributed by atoms with Gasteiger partial charge in [-0.2, -0.15) is 0 Å². The Morgan fingerprint density at radius 3 is 2.53 bits per heavy atom. The van der Waals surface area contributed by atoms with Gasteiger partial charge in [-0.05, 0) is 141 Å². The summed E-state index contributed by atoms with van der Waals surface area (Å²) in [7, 11) is 0. The molecule has 0 fully saturated rings. The van der Waals surface area contributed by atoms with Gasteiger partial charge in [0.2, 0.25) is 0 Å². The molecule has 0 unspecified atom stereocenters. The predicted octanol–water partition coefficient (Wildman–Crippen LogP) is 9.69. The summed E-state index contributed by atoms with van der Waals surface area (Å²) in [5.41, 5.74) is 12.6. The van der Waals surface area contributed by atoms with E-state index in [1.165, 1.54) is 49.9 Å². The number of hydrogen-bond donors (Lipinski definition) is 0. The van der Waals surface area contributed by atoms with Crippen molar-refractivity contribution < 1.29 is 0 Å². The summed E-state index contributed by atoms with van der Waals surface area (Å²) >= 11 is 0. The molecule has 0 radical (unpaired) electrons. The molecule has 53 heavy (non-hydrogen) atoms. The molecule has 7 rings (SSSR count). The minimum Gasteiger partial charge on any atom is -0.313 e. The summed E-state index contributed by atoms with van der Waals surface area (Å²) in [6, 6.07) is 19.6. The number of benzene rings is 2. The first-order chi connectivity index (χ1) is 25.8. The van der Waals surface area contributed by atoms with Gasteiger partial charge in [-0.15, -0.1) is 0 Å². The Labute approximate surface area is 316 Å². The van der Waals surface area contributed by atoms with E-state index in [4.69, 9.17) is 0 Å². The van der Waals surface area contributed by atoms with Gasteiger partial charge in [0.15, 0.2) is 0 Å². The zero-order valence-corrected chi connectivity index (χ0v) is 31.7. The molecule has 266 valence electrons. The lowest BCUT2D eigenvalue weighted by molar-refractivity contribution is 0.525. The lowest BCUT2D eigenvalue weighted by Gasteiger charge is -2.18. The first-order valence-electron chi connectivity index (χ1n) is 19.3. The van der Waals surface area contributed by atoms with E-state index in [0.29, 0.717) is 0 Å². The average molecular weight is 693 g/mol. The van der Waals surface area contributed by atoms with Crippen LogP contribution in [0.15, 0.2) is 128 Å². The summed E-state index contributed by atoms with van der Waals surface area (Å²) in [4.78, 5) is 4.49. The highest BCUT2D eigenvalue weighted by Gasteiger charge is 2.23. The van der Waals surface area contributed by atoms with Crippen molar-refractivity contribution in [1.29, 1.82) is 0 Å². The maximum atomic E-state index is 4.49. The summed E-state index contributed by atoms with van der Waals surface area (Å²) in [6.07, 6.45) is 40.0. The van der Waals surface area contributed by atoms with E-state index in [1.807, 2.05) is 36.5 Å². The Hall–Kier alpha value is -5.47. The molecular weight excluding hydrogens is 641 g/mol. The van der Waals surface area contributed by atoms with Crippen molar-refractivity contribution in [2.75, 3.05) is 0 Å². The SMILES string of the molecule is C=CC(=C\C=C\c1ccccn1)/C(/C=C/c1cccc(-n2c3c(c4c2CC=CCC4)CCCC=C3)c1)=c1\cc/c(=C/C(=C)C(C)(C)C)c2c1=CCCC=2. The highest BCUT2D eigenvalue weighted by molar-refractivity contribution is 5.81. The van der Waals surface area contributed by atoms with E-state index in [-0.39, 0.29) is 5.41 Å². The maximum Gasteiger partial charge on any atom is 0.0629 e. The van der Waals surface area contributed by atoms with E-state index in [9.17, 15) is 0 Å². The van der Waals surface area contributed by atoms with Crippen LogP contribution in [-0.2, 0) is 19.3 Å². The van der Waals surface area contributed by atoms with Crippen LogP contribution in [0.5, 0.6) is 0 Å². The van der Waals surface area contributed by atoms with Crippen molar-refractivity contribution in [3.63, 3.8) is 0 Å². The summed E-state index contributed by atoms with van der Waals surface area (Å²) in [5.74, 6) is 0. The Balaban J connectivity index is 1.39. The lowest BCUT2D eigenvalue weighted by Crippen LogP contribution is -2.49. The van der Waals surface area contributed by atoms with Crippen LogP contribution < -0.4 is 20.9 Å². The van der Waals surface area contributed by atoms with Crippen LogP contribution in [0.25, 0.3) is 47.7 Å². The predicted molar refractivity (Wildman–Crippen MR) is 229 cm³/mol. The largest absolute Gasteiger partial charge is 0.313 e. The van der Waals surface area contributed by atoms with Gasteiger partial charge >= 0.3 is 0 Å². The molecule has 0 saturated carbocycles. The monoisotopic (exact) mass is 692 g/mol.